The molecule has 84 valence electrons. The quantitative estimate of drug-likeness (QED) is 0.648. The fourth-order valence-electron chi connectivity index (χ4n) is 2.13. The summed E-state index contributed by atoms with van der Waals surface area (Å²) in [6.45, 7) is 2.30. The molecule has 0 amide bonds. The number of halogens is 1. The van der Waals surface area contributed by atoms with Gasteiger partial charge in [0.1, 0.15) is 0 Å². The number of benzene rings is 1. The second-order valence-electron chi connectivity index (χ2n) is 4.07. The van der Waals surface area contributed by atoms with Crippen LogP contribution in [0.2, 0.25) is 0 Å². The molecule has 0 bridgehead atoms. The summed E-state index contributed by atoms with van der Waals surface area (Å²) >= 11 is 2.39. The van der Waals surface area contributed by atoms with Gasteiger partial charge in [0.15, 0.2) is 0 Å². The Morgan fingerprint density at radius 2 is 2.00 bits per heavy atom. The lowest BCUT2D eigenvalue weighted by atomic mass is 9.83. The number of allylic oxidation sites excluding steroid dienone is 2. The van der Waals surface area contributed by atoms with E-state index in [-0.39, 0.29) is 12.5 Å². The van der Waals surface area contributed by atoms with Crippen LogP contribution in [0.5, 0.6) is 0 Å². The van der Waals surface area contributed by atoms with Crippen molar-refractivity contribution >= 4 is 28.2 Å². The molecule has 0 aromatic heterocycles. The minimum Gasteiger partial charge on any atom is -0.395 e. The maximum Gasteiger partial charge on any atom is 0.0537 e. The summed E-state index contributed by atoms with van der Waals surface area (Å²) in [5.41, 5.74) is 3.81. The third-order valence-electron chi connectivity index (χ3n) is 3.06. The van der Waals surface area contributed by atoms with E-state index in [2.05, 4.69) is 47.7 Å². The Morgan fingerprint density at radius 3 is 2.62 bits per heavy atom. The van der Waals surface area contributed by atoms with E-state index in [4.69, 9.17) is 0 Å². The van der Waals surface area contributed by atoms with Crippen molar-refractivity contribution in [2.75, 3.05) is 6.61 Å². The van der Waals surface area contributed by atoms with Crippen molar-refractivity contribution in [3.05, 3.63) is 51.1 Å². The third kappa shape index (κ3) is 2.23. The molecule has 16 heavy (non-hydrogen) atoms. The van der Waals surface area contributed by atoms with E-state index in [0.29, 0.717) is 0 Å². The molecule has 1 aliphatic rings. The van der Waals surface area contributed by atoms with Gasteiger partial charge in [0.05, 0.1) is 6.61 Å². The lowest BCUT2D eigenvalue weighted by molar-refractivity contribution is 0.271. The van der Waals surface area contributed by atoms with Gasteiger partial charge in [-0.3, -0.25) is 0 Å². The summed E-state index contributed by atoms with van der Waals surface area (Å²) in [7, 11) is 0. The van der Waals surface area contributed by atoms with E-state index in [1.54, 1.807) is 0 Å². The summed E-state index contributed by atoms with van der Waals surface area (Å²) in [4.78, 5) is 0. The highest BCUT2D eigenvalue weighted by Gasteiger charge is 2.22. The van der Waals surface area contributed by atoms with Gasteiger partial charge in [0, 0.05) is 5.92 Å². The van der Waals surface area contributed by atoms with Crippen molar-refractivity contribution in [1.82, 2.24) is 0 Å². The first kappa shape index (κ1) is 11.9. The Kier molecular flexibility index (Phi) is 3.82. The number of hydrogen-bond donors (Lipinski definition) is 1. The Bertz CT molecular complexity index is 431. The van der Waals surface area contributed by atoms with Gasteiger partial charge in [-0.2, -0.15) is 0 Å². The number of aliphatic hydroxyl groups is 1. The van der Waals surface area contributed by atoms with Crippen LogP contribution in [0.3, 0.4) is 0 Å². The molecule has 1 aromatic rings. The molecule has 1 aromatic carbocycles. The van der Waals surface area contributed by atoms with E-state index in [0.717, 1.165) is 6.42 Å². The van der Waals surface area contributed by atoms with Gasteiger partial charge >= 0.3 is 0 Å². The second-order valence-corrected chi connectivity index (χ2v) is 5.37. The van der Waals surface area contributed by atoms with E-state index >= 15 is 0 Å². The van der Waals surface area contributed by atoms with Crippen molar-refractivity contribution in [3.8, 4) is 0 Å². The fourth-order valence-corrected chi connectivity index (χ4v) is 3.04. The van der Waals surface area contributed by atoms with Gasteiger partial charge in [0.25, 0.3) is 0 Å². The molecule has 0 fully saturated rings. The second kappa shape index (κ2) is 5.15. The Morgan fingerprint density at radius 1 is 1.31 bits per heavy atom. The summed E-state index contributed by atoms with van der Waals surface area (Å²) in [5, 5.41) is 9.53. The van der Waals surface area contributed by atoms with E-state index in [1.807, 2.05) is 18.2 Å². The predicted molar refractivity (Wildman–Crippen MR) is 76.3 cm³/mol. The molecule has 1 N–H and O–H groups in total. The molecule has 2 heteroatoms. The van der Waals surface area contributed by atoms with Crippen LogP contribution < -0.4 is 0 Å². The molecule has 1 nitrogen and oxygen atoms in total. The number of aliphatic hydroxyl groups excluding tert-OH is 1. The zero-order valence-corrected chi connectivity index (χ0v) is 11.4. The summed E-state index contributed by atoms with van der Waals surface area (Å²) in [6, 6.07) is 10.4. The third-order valence-corrected chi connectivity index (χ3v) is 4.08. The normalized spacial score (nSPS) is 20.9. The van der Waals surface area contributed by atoms with Gasteiger partial charge in [-0.1, -0.05) is 42.0 Å². The minimum absolute atomic E-state index is 0.169. The maximum absolute atomic E-state index is 9.53. The smallest absolute Gasteiger partial charge is 0.0537 e. The molecule has 0 aliphatic heterocycles. The highest BCUT2D eigenvalue weighted by Crippen LogP contribution is 2.39. The number of rotatable bonds is 2. The Labute approximate surface area is 110 Å². The van der Waals surface area contributed by atoms with Crippen LogP contribution in [-0.4, -0.2) is 11.7 Å². The summed E-state index contributed by atoms with van der Waals surface area (Å²) < 4.78 is 1.34. The Balaban J connectivity index is 2.45. The molecule has 0 saturated heterocycles. The van der Waals surface area contributed by atoms with E-state index in [9.17, 15) is 5.11 Å². The van der Waals surface area contributed by atoms with Gasteiger partial charge in [-0.25, -0.2) is 0 Å². The van der Waals surface area contributed by atoms with Crippen molar-refractivity contribution in [1.29, 1.82) is 0 Å². The van der Waals surface area contributed by atoms with Crippen molar-refractivity contribution in [3.63, 3.8) is 0 Å². The zero-order chi connectivity index (χ0) is 11.5. The van der Waals surface area contributed by atoms with Gasteiger partial charge in [0.2, 0.25) is 0 Å². The van der Waals surface area contributed by atoms with E-state index < -0.39 is 0 Å². The highest BCUT2D eigenvalue weighted by atomic mass is 127. The molecule has 0 saturated carbocycles. The maximum atomic E-state index is 9.53. The van der Waals surface area contributed by atoms with Crippen LogP contribution in [0.15, 0.2) is 45.6 Å². The lowest BCUT2D eigenvalue weighted by Crippen LogP contribution is -2.14. The van der Waals surface area contributed by atoms with Crippen LogP contribution in [0, 0.1) is 5.92 Å². The lowest BCUT2D eigenvalue weighted by Gasteiger charge is -2.25. The van der Waals surface area contributed by atoms with Gasteiger partial charge in [-0.05, 0) is 50.7 Å². The first-order valence-corrected chi connectivity index (χ1v) is 6.53. The molecule has 0 unspecified atom stereocenters. The molecule has 1 aliphatic carbocycles. The molecule has 2 rings (SSSR count). The van der Waals surface area contributed by atoms with Crippen LogP contribution in [-0.2, 0) is 0 Å². The van der Waals surface area contributed by atoms with Crippen LogP contribution in [0.1, 0.15) is 18.9 Å². The fraction of sp³-hybridized carbons (Fsp3) is 0.286. The minimum atomic E-state index is 0.169. The van der Waals surface area contributed by atoms with Gasteiger partial charge < -0.3 is 5.11 Å². The van der Waals surface area contributed by atoms with Crippen molar-refractivity contribution in [2.45, 2.75) is 13.3 Å². The first-order chi connectivity index (χ1) is 7.74. The van der Waals surface area contributed by atoms with E-state index in [1.165, 1.54) is 20.3 Å². The monoisotopic (exact) mass is 326 g/mol. The molecular formula is C14H15IO. The highest BCUT2D eigenvalue weighted by molar-refractivity contribution is 14.1. The predicted octanol–water partition coefficient (Wildman–Crippen LogP) is 3.79. The van der Waals surface area contributed by atoms with Crippen molar-refractivity contribution < 1.29 is 5.11 Å². The summed E-state index contributed by atoms with van der Waals surface area (Å²) in [5.74, 6) is 0.169. The Hall–Kier alpha value is -0.610. The average Bonchev–Trinajstić information content (AvgIpc) is 2.33. The topological polar surface area (TPSA) is 20.2 Å². The molecule has 0 radical (unpaired) electrons. The average molecular weight is 326 g/mol. The molecule has 1 atom stereocenters. The van der Waals surface area contributed by atoms with Gasteiger partial charge in [-0.15, -0.1) is 0 Å². The molecule has 0 spiro atoms. The first-order valence-electron chi connectivity index (χ1n) is 5.45. The summed E-state index contributed by atoms with van der Waals surface area (Å²) in [6.07, 6.45) is 3.21. The SMILES string of the molecule is CC1=CCC(I)=C(c2ccccc2)[C@H]1CO. The van der Waals surface area contributed by atoms with Crippen LogP contribution in [0.25, 0.3) is 5.57 Å². The standard InChI is InChI=1S/C14H15IO/c1-10-7-8-13(15)14(12(10)9-16)11-5-3-2-4-6-11/h2-7,12,16H,8-9H2,1H3/t12-/m0/s1. The number of hydrogen-bond acceptors (Lipinski definition) is 1. The van der Waals surface area contributed by atoms with Crippen LogP contribution in [0.4, 0.5) is 0 Å². The zero-order valence-electron chi connectivity index (χ0n) is 9.28. The molecule has 0 heterocycles. The molecular weight excluding hydrogens is 311 g/mol. The largest absolute Gasteiger partial charge is 0.395 e. The van der Waals surface area contributed by atoms with Crippen LogP contribution >= 0.6 is 22.6 Å². The van der Waals surface area contributed by atoms with Crippen molar-refractivity contribution in [2.24, 2.45) is 5.92 Å².